The second-order valence-electron chi connectivity index (χ2n) is 9.64. The zero-order chi connectivity index (χ0) is 27.6. The van der Waals surface area contributed by atoms with E-state index < -0.39 is 21.8 Å². The lowest BCUT2D eigenvalue weighted by Crippen LogP contribution is -2.31. The first-order valence-electron chi connectivity index (χ1n) is 14.1. The number of unbranched alkanes of at least 4 members (excludes halogenated alkanes) is 10. The number of para-hydroxylation sites is 1. The highest BCUT2D eigenvalue weighted by Gasteiger charge is 2.22. The molecule has 0 radical (unpaired) electrons. The standard InChI is InChI=1S/C30H44N2O5S/c1-3-5-7-9-10-11-13-22-29(33)32-38(35,36)28-21-15-14-20-27(28)31-30(34)25-18-17-19-26(24-25)37-23-16-12-8-6-4-2/h14-15,17-21,24H,3-13,16,22-23H2,1-2H3,(H,31,34)(H,32,33). The molecular weight excluding hydrogens is 500 g/mol. The molecule has 0 atom stereocenters. The van der Waals surface area contributed by atoms with Crippen LogP contribution in [0.25, 0.3) is 0 Å². The Bertz CT molecular complexity index is 1100. The summed E-state index contributed by atoms with van der Waals surface area (Å²) in [5.41, 5.74) is 0.458. The van der Waals surface area contributed by atoms with Crippen molar-refractivity contribution >= 4 is 27.5 Å². The predicted molar refractivity (Wildman–Crippen MR) is 153 cm³/mol. The van der Waals surface area contributed by atoms with Gasteiger partial charge in [0.25, 0.3) is 15.9 Å². The summed E-state index contributed by atoms with van der Waals surface area (Å²) >= 11 is 0. The fraction of sp³-hybridized carbons (Fsp3) is 0.533. The molecule has 2 amide bonds. The average Bonchev–Trinajstić information content (AvgIpc) is 2.90. The number of hydrogen-bond acceptors (Lipinski definition) is 5. The lowest BCUT2D eigenvalue weighted by Gasteiger charge is -2.13. The molecular formula is C30H44N2O5S. The number of rotatable bonds is 19. The monoisotopic (exact) mass is 544 g/mol. The van der Waals surface area contributed by atoms with Gasteiger partial charge in [-0.1, -0.05) is 96.3 Å². The van der Waals surface area contributed by atoms with Gasteiger partial charge in [0.05, 0.1) is 12.3 Å². The molecule has 210 valence electrons. The van der Waals surface area contributed by atoms with Gasteiger partial charge in [0, 0.05) is 12.0 Å². The third kappa shape index (κ3) is 11.7. The highest BCUT2D eigenvalue weighted by Crippen LogP contribution is 2.23. The second-order valence-corrected chi connectivity index (χ2v) is 11.3. The van der Waals surface area contributed by atoms with Gasteiger partial charge < -0.3 is 10.1 Å². The van der Waals surface area contributed by atoms with Gasteiger partial charge >= 0.3 is 0 Å². The number of carbonyl (C=O) groups is 2. The maximum absolute atomic E-state index is 13.0. The molecule has 0 bridgehead atoms. The Morgan fingerprint density at radius 3 is 2.11 bits per heavy atom. The van der Waals surface area contributed by atoms with E-state index in [4.69, 9.17) is 4.74 Å². The van der Waals surface area contributed by atoms with Crippen LogP contribution < -0.4 is 14.8 Å². The van der Waals surface area contributed by atoms with Crippen LogP contribution in [-0.4, -0.2) is 26.8 Å². The number of anilines is 1. The van der Waals surface area contributed by atoms with Gasteiger partial charge in [0.1, 0.15) is 10.6 Å². The van der Waals surface area contributed by atoms with Crippen LogP contribution in [0, 0.1) is 0 Å². The fourth-order valence-corrected chi connectivity index (χ4v) is 5.30. The van der Waals surface area contributed by atoms with Crippen LogP contribution in [0.1, 0.15) is 108 Å². The molecule has 8 heteroatoms. The van der Waals surface area contributed by atoms with Crippen LogP contribution in [0.15, 0.2) is 53.4 Å². The Morgan fingerprint density at radius 1 is 0.763 bits per heavy atom. The highest BCUT2D eigenvalue weighted by molar-refractivity contribution is 7.90. The maximum atomic E-state index is 13.0. The van der Waals surface area contributed by atoms with E-state index in [9.17, 15) is 18.0 Å². The molecule has 2 aromatic rings. The number of nitrogens with one attached hydrogen (secondary N) is 2. The first-order chi connectivity index (χ1) is 18.4. The van der Waals surface area contributed by atoms with Crippen LogP contribution in [0.4, 0.5) is 5.69 Å². The van der Waals surface area contributed by atoms with Gasteiger partial charge in [-0.25, -0.2) is 13.1 Å². The minimum atomic E-state index is -4.14. The normalized spacial score (nSPS) is 11.2. The Morgan fingerprint density at radius 2 is 1.39 bits per heavy atom. The molecule has 7 nitrogen and oxygen atoms in total. The van der Waals surface area contributed by atoms with Gasteiger partial charge in [0.2, 0.25) is 5.91 Å². The number of sulfonamides is 1. The van der Waals surface area contributed by atoms with Gasteiger partial charge in [0.15, 0.2) is 0 Å². The topological polar surface area (TPSA) is 102 Å². The van der Waals surface area contributed by atoms with E-state index in [0.717, 1.165) is 32.1 Å². The molecule has 0 saturated heterocycles. The Labute approximate surface area is 228 Å². The third-order valence-corrected chi connectivity index (χ3v) is 7.72. The van der Waals surface area contributed by atoms with Gasteiger partial charge in [-0.05, 0) is 43.2 Å². The van der Waals surface area contributed by atoms with Crippen molar-refractivity contribution in [3.05, 3.63) is 54.1 Å². The van der Waals surface area contributed by atoms with Crippen molar-refractivity contribution in [3.63, 3.8) is 0 Å². The van der Waals surface area contributed by atoms with E-state index in [1.54, 1.807) is 36.4 Å². The van der Waals surface area contributed by atoms with Crippen LogP contribution in [0.5, 0.6) is 5.75 Å². The third-order valence-electron chi connectivity index (χ3n) is 6.29. The number of ether oxygens (including phenoxy) is 1. The van der Waals surface area contributed by atoms with E-state index in [-0.39, 0.29) is 17.0 Å². The minimum Gasteiger partial charge on any atom is -0.494 e. The van der Waals surface area contributed by atoms with E-state index in [1.807, 2.05) is 0 Å². The van der Waals surface area contributed by atoms with Crippen molar-refractivity contribution in [2.24, 2.45) is 0 Å². The van der Waals surface area contributed by atoms with Gasteiger partial charge in [-0.3, -0.25) is 9.59 Å². The summed E-state index contributed by atoms with van der Waals surface area (Å²) < 4.78 is 33.8. The van der Waals surface area contributed by atoms with E-state index in [1.165, 1.54) is 50.7 Å². The molecule has 2 aromatic carbocycles. The molecule has 0 saturated carbocycles. The summed E-state index contributed by atoms with van der Waals surface area (Å²) in [5.74, 6) is -0.415. The molecule has 0 fully saturated rings. The molecule has 0 spiro atoms. The summed E-state index contributed by atoms with van der Waals surface area (Å²) in [5, 5.41) is 2.68. The number of amides is 2. The van der Waals surface area contributed by atoms with Crippen LogP contribution >= 0.6 is 0 Å². The first-order valence-corrected chi connectivity index (χ1v) is 15.5. The Kier molecular flexibility index (Phi) is 14.5. The zero-order valence-corrected chi connectivity index (χ0v) is 23.8. The fourth-order valence-electron chi connectivity index (χ4n) is 4.12. The van der Waals surface area contributed by atoms with E-state index in [0.29, 0.717) is 24.3 Å². The van der Waals surface area contributed by atoms with Crippen LogP contribution in [0.2, 0.25) is 0 Å². The second kappa shape index (κ2) is 17.6. The molecule has 0 aliphatic rings. The van der Waals surface area contributed by atoms with Crippen LogP contribution in [-0.2, 0) is 14.8 Å². The molecule has 2 rings (SSSR count). The summed E-state index contributed by atoms with van der Waals surface area (Å²) in [6.07, 6.45) is 13.1. The summed E-state index contributed by atoms with van der Waals surface area (Å²) in [6.45, 7) is 4.92. The largest absolute Gasteiger partial charge is 0.494 e. The predicted octanol–water partition coefficient (Wildman–Crippen LogP) is 7.23. The van der Waals surface area contributed by atoms with Crippen molar-refractivity contribution in [1.82, 2.24) is 4.72 Å². The highest BCUT2D eigenvalue weighted by atomic mass is 32.2. The molecule has 0 unspecified atom stereocenters. The summed E-state index contributed by atoms with van der Waals surface area (Å²) in [4.78, 5) is 25.1. The first kappa shape index (κ1) is 31.3. The number of carbonyl (C=O) groups excluding carboxylic acids is 2. The van der Waals surface area contributed by atoms with E-state index in [2.05, 4.69) is 23.9 Å². The lowest BCUT2D eigenvalue weighted by atomic mass is 10.1. The van der Waals surface area contributed by atoms with Crippen molar-refractivity contribution in [3.8, 4) is 5.75 Å². The minimum absolute atomic E-state index is 0.107. The maximum Gasteiger partial charge on any atom is 0.266 e. The molecule has 0 aliphatic carbocycles. The number of hydrogen-bond donors (Lipinski definition) is 2. The molecule has 0 heterocycles. The van der Waals surface area contributed by atoms with Crippen molar-refractivity contribution in [1.29, 1.82) is 0 Å². The zero-order valence-electron chi connectivity index (χ0n) is 23.0. The molecule has 0 aliphatic heterocycles. The summed E-state index contributed by atoms with van der Waals surface area (Å²) in [6, 6.07) is 12.9. The van der Waals surface area contributed by atoms with Crippen molar-refractivity contribution in [2.75, 3.05) is 11.9 Å². The smallest absolute Gasteiger partial charge is 0.266 e. The van der Waals surface area contributed by atoms with Gasteiger partial charge in [-0.15, -0.1) is 0 Å². The SMILES string of the molecule is CCCCCCCCCC(=O)NS(=O)(=O)c1ccccc1NC(=O)c1cccc(OCCCCCCC)c1. The average molecular weight is 545 g/mol. The Balaban J connectivity index is 1.93. The van der Waals surface area contributed by atoms with Crippen molar-refractivity contribution < 1.29 is 22.7 Å². The molecule has 38 heavy (non-hydrogen) atoms. The Hall–Kier alpha value is -2.87. The quantitative estimate of drug-likeness (QED) is 0.182. The van der Waals surface area contributed by atoms with Gasteiger partial charge in [-0.2, -0.15) is 0 Å². The van der Waals surface area contributed by atoms with Crippen LogP contribution in [0.3, 0.4) is 0 Å². The number of benzene rings is 2. The molecule has 2 N–H and O–H groups in total. The lowest BCUT2D eigenvalue weighted by molar-refractivity contribution is -0.119. The van der Waals surface area contributed by atoms with E-state index >= 15 is 0 Å². The molecule has 0 aromatic heterocycles. The summed E-state index contributed by atoms with van der Waals surface area (Å²) in [7, 11) is -4.14. The van der Waals surface area contributed by atoms with Crippen molar-refractivity contribution in [2.45, 2.75) is 102 Å².